The summed E-state index contributed by atoms with van der Waals surface area (Å²) in [7, 11) is 0. The van der Waals surface area contributed by atoms with E-state index >= 15 is 0 Å². The van der Waals surface area contributed by atoms with Crippen molar-refractivity contribution in [1.29, 1.82) is 0 Å². The first-order chi connectivity index (χ1) is 14.3. The van der Waals surface area contributed by atoms with Crippen molar-refractivity contribution >= 4 is 47.1 Å². The van der Waals surface area contributed by atoms with Crippen molar-refractivity contribution in [3.63, 3.8) is 0 Å². The lowest BCUT2D eigenvalue weighted by molar-refractivity contribution is -0.124. The molecule has 0 saturated carbocycles. The van der Waals surface area contributed by atoms with Crippen LogP contribution in [0.15, 0.2) is 35.2 Å². The predicted molar refractivity (Wildman–Crippen MR) is 119 cm³/mol. The van der Waals surface area contributed by atoms with Gasteiger partial charge in [-0.2, -0.15) is 0 Å². The number of imide groups is 1. The number of hydrogen-bond acceptors (Lipinski definition) is 6. The topological polar surface area (TPSA) is 95.2 Å². The number of aromatic nitrogens is 2. The minimum absolute atomic E-state index is 0.139. The zero-order chi connectivity index (χ0) is 21.7. The fraction of sp³-hybridized carbons (Fsp3) is 0.286. The van der Waals surface area contributed by atoms with Gasteiger partial charge in [0.05, 0.1) is 4.91 Å². The number of aryl methyl sites for hydroxylation is 2. The summed E-state index contributed by atoms with van der Waals surface area (Å²) in [6.45, 7) is 4.12. The molecule has 0 atom stereocenters. The SMILES string of the molecule is Cc1nc(=S)[nH]c(C)c1CCC(=O)NCCN1C(=O)SC(=Cc2ccccc2)C1=O. The minimum atomic E-state index is -0.333. The molecule has 156 valence electrons. The van der Waals surface area contributed by atoms with E-state index in [0.29, 0.717) is 16.1 Å². The largest absolute Gasteiger partial charge is 0.354 e. The first-order valence-electron chi connectivity index (χ1n) is 9.48. The highest BCUT2D eigenvalue weighted by molar-refractivity contribution is 8.18. The fourth-order valence-electron chi connectivity index (χ4n) is 3.15. The fourth-order valence-corrected chi connectivity index (χ4v) is 4.31. The molecule has 7 nitrogen and oxygen atoms in total. The maximum absolute atomic E-state index is 12.5. The first kappa shape index (κ1) is 21.9. The van der Waals surface area contributed by atoms with Gasteiger partial charge in [0.2, 0.25) is 5.91 Å². The lowest BCUT2D eigenvalue weighted by Gasteiger charge is -2.13. The van der Waals surface area contributed by atoms with E-state index in [4.69, 9.17) is 12.2 Å². The smallest absolute Gasteiger partial charge is 0.293 e. The minimum Gasteiger partial charge on any atom is -0.354 e. The quantitative estimate of drug-likeness (QED) is 0.503. The Hall–Kier alpha value is -2.78. The Morgan fingerprint density at radius 1 is 1.27 bits per heavy atom. The van der Waals surface area contributed by atoms with Gasteiger partial charge in [-0.25, -0.2) is 4.98 Å². The number of nitrogens with zero attached hydrogens (tertiary/aromatic N) is 2. The van der Waals surface area contributed by atoms with E-state index in [0.717, 1.165) is 39.2 Å². The van der Waals surface area contributed by atoms with Gasteiger partial charge in [-0.3, -0.25) is 19.3 Å². The standard InChI is InChI=1S/C21H22N4O3S2/c1-13-16(14(2)24-20(29)23-13)8-9-18(26)22-10-11-25-19(27)17(30-21(25)28)12-15-6-4-3-5-7-15/h3-7,12H,8-11H2,1-2H3,(H,22,26)(H,23,24,29). The average Bonchev–Trinajstić information content (AvgIpc) is 2.95. The van der Waals surface area contributed by atoms with E-state index in [1.165, 1.54) is 0 Å². The Kier molecular flexibility index (Phi) is 7.17. The van der Waals surface area contributed by atoms with Crippen LogP contribution in [-0.2, 0) is 16.0 Å². The summed E-state index contributed by atoms with van der Waals surface area (Å²) in [4.78, 5) is 45.6. The summed E-state index contributed by atoms with van der Waals surface area (Å²) in [5, 5.41) is 2.45. The molecule has 30 heavy (non-hydrogen) atoms. The molecule has 1 aromatic carbocycles. The number of amides is 3. The van der Waals surface area contributed by atoms with Gasteiger partial charge in [-0.15, -0.1) is 0 Å². The average molecular weight is 443 g/mol. The van der Waals surface area contributed by atoms with E-state index in [1.54, 1.807) is 6.08 Å². The van der Waals surface area contributed by atoms with Gasteiger partial charge >= 0.3 is 0 Å². The molecule has 0 unspecified atom stereocenters. The number of H-pyrrole nitrogens is 1. The molecule has 3 rings (SSSR count). The van der Waals surface area contributed by atoms with Crippen LogP contribution in [0, 0.1) is 18.6 Å². The van der Waals surface area contributed by atoms with E-state index < -0.39 is 0 Å². The van der Waals surface area contributed by atoms with Crippen LogP contribution in [0.2, 0.25) is 0 Å². The summed E-state index contributed by atoms with van der Waals surface area (Å²) < 4.78 is 0.428. The van der Waals surface area contributed by atoms with Crippen molar-refractivity contribution in [2.24, 2.45) is 0 Å². The van der Waals surface area contributed by atoms with Crippen LogP contribution in [0.3, 0.4) is 0 Å². The molecule has 2 aromatic rings. The van der Waals surface area contributed by atoms with Crippen LogP contribution in [-0.4, -0.2) is 45.0 Å². The van der Waals surface area contributed by atoms with Crippen LogP contribution in [0.1, 0.15) is 28.9 Å². The number of rotatable bonds is 7. The zero-order valence-corrected chi connectivity index (χ0v) is 18.4. The molecule has 2 N–H and O–H groups in total. The number of hydrogen-bond donors (Lipinski definition) is 2. The molecular formula is C21H22N4O3S2. The molecule has 1 saturated heterocycles. The van der Waals surface area contributed by atoms with Gasteiger partial charge in [0.25, 0.3) is 11.1 Å². The van der Waals surface area contributed by atoms with E-state index in [-0.39, 0.29) is 36.6 Å². The zero-order valence-electron chi connectivity index (χ0n) is 16.7. The van der Waals surface area contributed by atoms with Gasteiger partial charge in [-0.05, 0) is 61.5 Å². The first-order valence-corrected chi connectivity index (χ1v) is 10.7. The Morgan fingerprint density at radius 2 is 2.00 bits per heavy atom. The molecule has 2 heterocycles. The lowest BCUT2D eigenvalue weighted by atomic mass is 10.1. The Balaban J connectivity index is 1.50. The molecular weight excluding hydrogens is 420 g/mol. The van der Waals surface area contributed by atoms with E-state index in [9.17, 15) is 14.4 Å². The van der Waals surface area contributed by atoms with Gasteiger partial charge in [0, 0.05) is 30.9 Å². The summed E-state index contributed by atoms with van der Waals surface area (Å²) in [5.41, 5.74) is 3.55. The third-order valence-corrected chi connectivity index (χ3v) is 5.78. The molecule has 1 aliphatic rings. The van der Waals surface area contributed by atoms with Crippen LogP contribution in [0.25, 0.3) is 6.08 Å². The van der Waals surface area contributed by atoms with Crippen LogP contribution >= 0.6 is 24.0 Å². The maximum Gasteiger partial charge on any atom is 0.293 e. The number of nitrogens with one attached hydrogen (secondary N) is 2. The predicted octanol–water partition coefficient (Wildman–Crippen LogP) is 3.54. The highest BCUT2D eigenvalue weighted by Crippen LogP contribution is 2.31. The van der Waals surface area contributed by atoms with Crippen LogP contribution in [0.5, 0.6) is 0 Å². The molecule has 9 heteroatoms. The highest BCUT2D eigenvalue weighted by atomic mass is 32.2. The number of carbonyl (C=O) groups is 3. The molecule has 0 bridgehead atoms. The third kappa shape index (κ3) is 5.43. The molecule has 1 aromatic heterocycles. The van der Waals surface area contributed by atoms with Crippen molar-refractivity contribution in [3.05, 3.63) is 62.5 Å². The second kappa shape index (κ2) is 9.82. The number of benzene rings is 1. The molecule has 0 aliphatic carbocycles. The van der Waals surface area contributed by atoms with Crippen molar-refractivity contribution < 1.29 is 14.4 Å². The van der Waals surface area contributed by atoms with E-state index in [1.807, 2.05) is 44.2 Å². The number of thioether (sulfide) groups is 1. The lowest BCUT2D eigenvalue weighted by Crippen LogP contribution is -2.37. The van der Waals surface area contributed by atoms with Gasteiger partial charge in [0.15, 0.2) is 4.77 Å². The van der Waals surface area contributed by atoms with Crippen LogP contribution < -0.4 is 5.32 Å². The molecule has 0 spiro atoms. The van der Waals surface area contributed by atoms with Crippen molar-refractivity contribution in [2.45, 2.75) is 26.7 Å². The second-order valence-electron chi connectivity index (χ2n) is 6.82. The van der Waals surface area contributed by atoms with Crippen molar-refractivity contribution in [2.75, 3.05) is 13.1 Å². The maximum atomic E-state index is 12.5. The molecule has 0 radical (unpaired) electrons. The van der Waals surface area contributed by atoms with Crippen molar-refractivity contribution in [1.82, 2.24) is 20.2 Å². The Labute approximate surface area is 184 Å². The monoisotopic (exact) mass is 442 g/mol. The molecule has 1 aliphatic heterocycles. The third-order valence-electron chi connectivity index (χ3n) is 4.68. The van der Waals surface area contributed by atoms with Gasteiger partial charge in [0.1, 0.15) is 0 Å². The Bertz CT molecular complexity index is 1040. The summed E-state index contributed by atoms with van der Waals surface area (Å²) >= 11 is 5.96. The second-order valence-corrected chi connectivity index (χ2v) is 8.20. The summed E-state index contributed by atoms with van der Waals surface area (Å²) in [6, 6.07) is 9.36. The normalized spacial score (nSPS) is 15.1. The molecule has 3 amide bonds. The van der Waals surface area contributed by atoms with Crippen molar-refractivity contribution in [3.8, 4) is 0 Å². The van der Waals surface area contributed by atoms with E-state index in [2.05, 4.69) is 15.3 Å². The van der Waals surface area contributed by atoms with Crippen LogP contribution in [0.4, 0.5) is 4.79 Å². The molecule has 1 fully saturated rings. The highest BCUT2D eigenvalue weighted by Gasteiger charge is 2.34. The summed E-state index contributed by atoms with van der Waals surface area (Å²) in [5.74, 6) is -0.483. The van der Waals surface area contributed by atoms with Gasteiger partial charge in [-0.1, -0.05) is 30.3 Å². The Morgan fingerprint density at radius 3 is 2.70 bits per heavy atom. The number of aromatic amines is 1. The number of carbonyl (C=O) groups excluding carboxylic acids is 3. The van der Waals surface area contributed by atoms with Gasteiger partial charge < -0.3 is 10.3 Å². The summed E-state index contributed by atoms with van der Waals surface area (Å²) in [6.07, 6.45) is 2.51.